The Labute approximate surface area is 120 Å². The van der Waals surface area contributed by atoms with Gasteiger partial charge in [-0.25, -0.2) is 8.42 Å². The molecule has 3 fully saturated rings. The van der Waals surface area contributed by atoms with E-state index in [1.54, 1.807) is 0 Å². The highest BCUT2D eigenvalue weighted by Gasteiger charge is 2.65. The lowest BCUT2D eigenvalue weighted by Gasteiger charge is -2.24. The van der Waals surface area contributed by atoms with Crippen molar-refractivity contribution in [2.24, 2.45) is 11.7 Å². The van der Waals surface area contributed by atoms with Gasteiger partial charge in [0, 0.05) is 5.75 Å². The van der Waals surface area contributed by atoms with Gasteiger partial charge in [0.05, 0.1) is 22.1 Å². The quantitative estimate of drug-likeness (QED) is 0.443. The Morgan fingerprint density at radius 1 is 1.48 bits per heavy atom. The van der Waals surface area contributed by atoms with Gasteiger partial charge in [0.15, 0.2) is 12.2 Å². The Balaban J connectivity index is 1.58. The van der Waals surface area contributed by atoms with Crippen LogP contribution < -0.4 is 5.73 Å². The van der Waals surface area contributed by atoms with E-state index in [1.165, 1.54) is 0 Å². The largest absolute Gasteiger partial charge is 0.748 e. The van der Waals surface area contributed by atoms with Crippen LogP contribution in [0.1, 0.15) is 12.8 Å². The van der Waals surface area contributed by atoms with E-state index in [4.69, 9.17) is 19.9 Å². The minimum absolute atomic E-state index is 0.297. The average Bonchev–Trinajstić information content (AvgIpc) is 2.99. The molecule has 0 spiro atoms. The number of ether oxygens (including phenoxy) is 3. The maximum absolute atomic E-state index is 11.8. The van der Waals surface area contributed by atoms with Crippen molar-refractivity contribution >= 4 is 22.1 Å². The molecule has 3 saturated heterocycles. The Hall–Kier alpha value is -1.23. The van der Waals surface area contributed by atoms with Crippen LogP contribution in [0.4, 0.5) is 0 Å². The first-order valence-corrected chi connectivity index (χ1v) is 8.09. The topological polar surface area (TPSA) is 145 Å². The fraction of sp³-hybridized carbons (Fsp3) is 0.818. The summed E-state index contributed by atoms with van der Waals surface area (Å²) in [5.74, 6) is -2.22. The molecule has 3 heterocycles. The van der Waals surface area contributed by atoms with Gasteiger partial charge >= 0.3 is 11.9 Å². The Morgan fingerprint density at radius 3 is 2.86 bits per heavy atom. The fourth-order valence-electron chi connectivity index (χ4n) is 2.99. The van der Waals surface area contributed by atoms with Crippen molar-refractivity contribution in [1.82, 2.24) is 0 Å². The molecule has 3 rings (SSSR count). The second kappa shape index (κ2) is 4.90. The molecule has 9 nitrogen and oxygen atoms in total. The van der Waals surface area contributed by atoms with E-state index in [-0.39, 0.29) is 18.3 Å². The van der Waals surface area contributed by atoms with Crippen LogP contribution in [0.2, 0.25) is 0 Å². The Kier molecular flexibility index (Phi) is 3.43. The van der Waals surface area contributed by atoms with Crippen molar-refractivity contribution in [2.75, 3.05) is 5.75 Å². The number of carbonyl (C=O) groups excluding carboxylic acids is 2. The number of fused-ring (bicyclic) bond motifs is 1. The summed E-state index contributed by atoms with van der Waals surface area (Å²) in [5, 5.41) is 0. The maximum atomic E-state index is 11.8. The lowest BCUT2D eigenvalue weighted by molar-refractivity contribution is -0.161. The average molecular weight is 320 g/mol. The van der Waals surface area contributed by atoms with Crippen molar-refractivity contribution in [2.45, 2.75) is 43.3 Å². The molecular weight excluding hydrogens is 306 g/mol. The van der Waals surface area contributed by atoms with E-state index in [2.05, 4.69) is 0 Å². The predicted octanol–water partition coefficient (Wildman–Crippen LogP) is -2.13. The third-order valence-corrected chi connectivity index (χ3v) is 4.75. The summed E-state index contributed by atoms with van der Waals surface area (Å²) in [4.78, 5) is 23.3. The van der Waals surface area contributed by atoms with Crippen molar-refractivity contribution in [1.29, 1.82) is 0 Å². The van der Waals surface area contributed by atoms with Crippen LogP contribution >= 0.6 is 0 Å². The van der Waals surface area contributed by atoms with Gasteiger partial charge in [-0.1, -0.05) is 0 Å². The zero-order chi connectivity index (χ0) is 15.4. The highest BCUT2D eigenvalue weighted by atomic mass is 32.2. The van der Waals surface area contributed by atoms with Crippen molar-refractivity contribution in [3.05, 3.63) is 0 Å². The van der Waals surface area contributed by atoms with Gasteiger partial charge in [-0.05, 0) is 12.8 Å². The summed E-state index contributed by atoms with van der Waals surface area (Å²) >= 11 is 0. The molecule has 3 aliphatic heterocycles. The molecule has 0 radical (unpaired) electrons. The van der Waals surface area contributed by atoms with E-state index < -0.39 is 52.3 Å². The summed E-state index contributed by atoms with van der Waals surface area (Å²) in [5.41, 5.74) is 5.50. The molecule has 0 aromatic carbocycles. The smallest absolute Gasteiger partial charge is 0.323 e. The number of hydrogen-bond acceptors (Lipinski definition) is 9. The highest BCUT2D eigenvalue weighted by Crippen LogP contribution is 2.47. The monoisotopic (exact) mass is 320 g/mol. The molecular formula is C11H14NO8S-. The Bertz CT molecular complexity index is 575. The molecule has 10 heteroatoms. The summed E-state index contributed by atoms with van der Waals surface area (Å²) in [6.07, 6.45) is -2.03. The first-order chi connectivity index (χ1) is 9.76. The van der Waals surface area contributed by atoms with Gasteiger partial charge in [-0.3, -0.25) is 9.59 Å². The maximum Gasteiger partial charge on any atom is 0.323 e. The van der Waals surface area contributed by atoms with Crippen LogP contribution in [0.25, 0.3) is 0 Å². The van der Waals surface area contributed by atoms with Crippen LogP contribution in [0.5, 0.6) is 0 Å². The molecule has 21 heavy (non-hydrogen) atoms. The van der Waals surface area contributed by atoms with Crippen molar-refractivity contribution < 1.29 is 36.8 Å². The van der Waals surface area contributed by atoms with Crippen LogP contribution in [-0.4, -0.2) is 61.1 Å². The Morgan fingerprint density at radius 2 is 2.19 bits per heavy atom. The van der Waals surface area contributed by atoms with Gasteiger partial charge in [0.25, 0.3) is 0 Å². The van der Waals surface area contributed by atoms with Crippen LogP contribution in [-0.2, 0) is 33.9 Å². The lowest BCUT2D eigenvalue weighted by Crippen LogP contribution is -2.44. The van der Waals surface area contributed by atoms with E-state index in [0.717, 1.165) is 0 Å². The fourth-order valence-corrected chi connectivity index (χ4v) is 3.54. The van der Waals surface area contributed by atoms with Crippen molar-refractivity contribution in [3.63, 3.8) is 0 Å². The first-order valence-electron chi connectivity index (χ1n) is 6.52. The third kappa shape index (κ3) is 2.63. The number of hydrogen-bond donors (Lipinski definition) is 1. The van der Waals surface area contributed by atoms with E-state index in [0.29, 0.717) is 6.42 Å². The number of carbonyl (C=O) groups is 2. The summed E-state index contributed by atoms with van der Waals surface area (Å²) in [6.45, 7) is 0. The van der Waals surface area contributed by atoms with Crippen LogP contribution in [0.15, 0.2) is 0 Å². The van der Waals surface area contributed by atoms with Gasteiger partial charge < -0.3 is 24.5 Å². The standard InChI is InChI=1S/C11H15NO8S/c12-5(1-2-21(15,16)17)11(14)19-8-6-3-4-7(18-6)9(8)20-10(4)13/h4-9H,1-3,12H2,(H,15,16,17)/p-1. The predicted molar refractivity (Wildman–Crippen MR) is 63.7 cm³/mol. The molecule has 0 aromatic heterocycles. The molecule has 2 N–H and O–H groups in total. The van der Waals surface area contributed by atoms with Gasteiger partial charge in [0.2, 0.25) is 0 Å². The molecule has 0 saturated carbocycles. The van der Waals surface area contributed by atoms with Gasteiger partial charge in [-0.2, -0.15) is 0 Å². The van der Waals surface area contributed by atoms with Gasteiger partial charge in [-0.15, -0.1) is 0 Å². The molecule has 6 unspecified atom stereocenters. The van der Waals surface area contributed by atoms with E-state index in [1.807, 2.05) is 0 Å². The molecule has 3 aliphatic rings. The molecule has 6 atom stereocenters. The number of esters is 2. The number of nitrogens with two attached hydrogens (primary N) is 1. The zero-order valence-corrected chi connectivity index (χ0v) is 11.7. The molecule has 2 bridgehead atoms. The normalized spacial score (nSPS) is 38.4. The molecule has 118 valence electrons. The number of rotatable bonds is 5. The van der Waals surface area contributed by atoms with E-state index >= 15 is 0 Å². The SMILES string of the molecule is NC(CCS(=O)(=O)[O-])C(=O)OC1C2CC3C(=O)OC1C3O2. The summed E-state index contributed by atoms with van der Waals surface area (Å²) in [6, 6.07) is -1.22. The summed E-state index contributed by atoms with van der Waals surface area (Å²) in [7, 11) is -4.44. The molecule has 0 amide bonds. The third-order valence-electron chi connectivity index (χ3n) is 4.02. The minimum Gasteiger partial charge on any atom is -0.748 e. The van der Waals surface area contributed by atoms with E-state index in [9.17, 15) is 22.6 Å². The lowest BCUT2D eigenvalue weighted by atomic mass is 9.88. The second-order valence-electron chi connectivity index (χ2n) is 5.44. The summed E-state index contributed by atoms with van der Waals surface area (Å²) < 4.78 is 47.4. The van der Waals surface area contributed by atoms with Crippen LogP contribution in [0.3, 0.4) is 0 Å². The van der Waals surface area contributed by atoms with Gasteiger partial charge in [0.1, 0.15) is 12.1 Å². The van der Waals surface area contributed by atoms with Crippen molar-refractivity contribution in [3.8, 4) is 0 Å². The molecule has 0 aromatic rings. The van der Waals surface area contributed by atoms with Crippen LogP contribution in [0, 0.1) is 5.92 Å². The zero-order valence-electron chi connectivity index (χ0n) is 10.8. The second-order valence-corrected chi connectivity index (χ2v) is 6.96. The minimum atomic E-state index is -4.44. The highest BCUT2D eigenvalue weighted by molar-refractivity contribution is 7.85. The molecule has 0 aliphatic carbocycles. The first kappa shape index (κ1) is 14.7.